The summed E-state index contributed by atoms with van der Waals surface area (Å²) in [7, 11) is 0. The highest BCUT2D eigenvalue weighted by Crippen LogP contribution is 2.42. The average molecular weight is 427 g/mol. The standard InChI is InChI=1S/C20H28F3N5O2/c1-3-26-11-14(9-18(26)29)19(30)27-6-4-13(5-7-27)15-10-16(20(21,22)23)28-17(24-15)8-12(2)25-28/h8,13-16,24H,3-7,9-11H2,1-2H3/t14?,15-,16+/m0/s1. The molecule has 4 heterocycles. The summed E-state index contributed by atoms with van der Waals surface area (Å²) in [5.74, 6) is 0.182. The molecule has 2 saturated heterocycles. The highest BCUT2D eigenvalue weighted by molar-refractivity contribution is 5.89. The first-order valence-corrected chi connectivity index (χ1v) is 10.6. The van der Waals surface area contributed by atoms with Gasteiger partial charge in [0.05, 0.1) is 11.6 Å². The predicted molar refractivity (Wildman–Crippen MR) is 104 cm³/mol. The van der Waals surface area contributed by atoms with E-state index in [2.05, 4.69) is 10.4 Å². The molecule has 1 aromatic heterocycles. The second-order valence-corrected chi connectivity index (χ2v) is 8.66. The van der Waals surface area contributed by atoms with E-state index in [1.165, 1.54) is 0 Å². The summed E-state index contributed by atoms with van der Waals surface area (Å²) >= 11 is 0. The molecule has 0 spiro atoms. The van der Waals surface area contributed by atoms with E-state index in [1.807, 2.05) is 6.92 Å². The number of fused-ring (bicyclic) bond motifs is 1. The maximum Gasteiger partial charge on any atom is 0.410 e. The molecule has 30 heavy (non-hydrogen) atoms. The fourth-order valence-electron chi connectivity index (χ4n) is 5.06. The third-order valence-electron chi connectivity index (χ3n) is 6.71. The van der Waals surface area contributed by atoms with Gasteiger partial charge in [0.25, 0.3) is 0 Å². The Morgan fingerprint density at radius 1 is 1.30 bits per heavy atom. The highest BCUT2D eigenvalue weighted by Gasteiger charge is 2.48. The van der Waals surface area contributed by atoms with Crippen LogP contribution in [0, 0.1) is 18.8 Å². The maximum absolute atomic E-state index is 13.6. The lowest BCUT2D eigenvalue weighted by molar-refractivity contribution is -0.174. The molecule has 1 N–H and O–H groups in total. The van der Waals surface area contributed by atoms with E-state index in [4.69, 9.17) is 0 Å². The van der Waals surface area contributed by atoms with E-state index >= 15 is 0 Å². The monoisotopic (exact) mass is 427 g/mol. The number of piperidine rings is 1. The first kappa shape index (κ1) is 21.0. The van der Waals surface area contributed by atoms with Crippen molar-refractivity contribution < 1.29 is 22.8 Å². The van der Waals surface area contributed by atoms with Crippen LogP contribution in [-0.2, 0) is 9.59 Å². The van der Waals surface area contributed by atoms with Crippen LogP contribution in [0.15, 0.2) is 6.07 Å². The van der Waals surface area contributed by atoms with Crippen LogP contribution >= 0.6 is 0 Å². The summed E-state index contributed by atoms with van der Waals surface area (Å²) in [5, 5.41) is 7.28. The number of carbonyl (C=O) groups is 2. The lowest BCUT2D eigenvalue weighted by Gasteiger charge is -2.41. The smallest absolute Gasteiger partial charge is 0.367 e. The molecule has 2 fully saturated rings. The van der Waals surface area contributed by atoms with E-state index in [-0.39, 0.29) is 42.5 Å². The molecule has 3 aliphatic rings. The molecule has 1 aromatic rings. The molecule has 3 aliphatic heterocycles. The summed E-state index contributed by atoms with van der Waals surface area (Å²) in [6, 6.07) is -0.280. The molecule has 0 aliphatic carbocycles. The Labute approximate surface area is 173 Å². The Bertz CT molecular complexity index is 816. The Balaban J connectivity index is 1.38. The van der Waals surface area contributed by atoms with Gasteiger partial charge in [0.15, 0.2) is 6.04 Å². The number of halogens is 3. The molecule has 166 valence electrons. The van der Waals surface area contributed by atoms with Crippen molar-refractivity contribution in [3.63, 3.8) is 0 Å². The Morgan fingerprint density at radius 2 is 2.00 bits per heavy atom. The van der Waals surface area contributed by atoms with Crippen LogP contribution in [0.5, 0.6) is 0 Å². The van der Waals surface area contributed by atoms with Crippen LogP contribution in [0.3, 0.4) is 0 Å². The minimum Gasteiger partial charge on any atom is -0.367 e. The van der Waals surface area contributed by atoms with Gasteiger partial charge in [0, 0.05) is 44.7 Å². The third-order valence-corrected chi connectivity index (χ3v) is 6.71. The van der Waals surface area contributed by atoms with E-state index in [0.717, 1.165) is 4.68 Å². The zero-order valence-electron chi connectivity index (χ0n) is 17.3. The van der Waals surface area contributed by atoms with Crippen molar-refractivity contribution in [2.24, 2.45) is 11.8 Å². The van der Waals surface area contributed by atoms with E-state index in [9.17, 15) is 22.8 Å². The molecule has 10 heteroatoms. The molecule has 4 rings (SSSR count). The molecule has 1 unspecified atom stereocenters. The fraction of sp³-hybridized carbons (Fsp3) is 0.750. The van der Waals surface area contributed by atoms with Crippen LogP contribution in [0.25, 0.3) is 0 Å². The van der Waals surface area contributed by atoms with Gasteiger partial charge >= 0.3 is 6.18 Å². The van der Waals surface area contributed by atoms with Crippen molar-refractivity contribution in [2.45, 2.75) is 57.8 Å². The second kappa shape index (κ2) is 7.77. The Kier molecular flexibility index (Phi) is 5.44. The van der Waals surface area contributed by atoms with Gasteiger partial charge in [0.1, 0.15) is 5.82 Å². The molecular weight excluding hydrogens is 399 g/mol. The summed E-state index contributed by atoms with van der Waals surface area (Å²) in [6.07, 6.45) is -2.85. The van der Waals surface area contributed by atoms with Crippen molar-refractivity contribution >= 4 is 17.6 Å². The molecule has 0 saturated carbocycles. The number of anilines is 1. The molecule has 0 bridgehead atoms. The van der Waals surface area contributed by atoms with Crippen molar-refractivity contribution in [3.05, 3.63) is 11.8 Å². The number of rotatable bonds is 3. The van der Waals surface area contributed by atoms with E-state index in [0.29, 0.717) is 50.5 Å². The van der Waals surface area contributed by atoms with Crippen LogP contribution < -0.4 is 5.32 Å². The van der Waals surface area contributed by atoms with Gasteiger partial charge in [-0.15, -0.1) is 0 Å². The maximum atomic E-state index is 13.6. The van der Waals surface area contributed by atoms with Crippen LogP contribution in [0.2, 0.25) is 0 Å². The number of nitrogens with zero attached hydrogens (tertiary/aromatic N) is 4. The number of hydrogen-bond acceptors (Lipinski definition) is 4. The second-order valence-electron chi connectivity index (χ2n) is 8.66. The van der Waals surface area contributed by atoms with Crippen molar-refractivity contribution in [1.29, 1.82) is 0 Å². The topological polar surface area (TPSA) is 70.5 Å². The van der Waals surface area contributed by atoms with Crippen molar-refractivity contribution in [1.82, 2.24) is 19.6 Å². The van der Waals surface area contributed by atoms with Crippen LogP contribution in [0.4, 0.5) is 19.0 Å². The fourth-order valence-corrected chi connectivity index (χ4v) is 5.06. The number of aryl methyl sites for hydroxylation is 1. The molecule has 0 aromatic carbocycles. The number of aromatic nitrogens is 2. The van der Waals surface area contributed by atoms with Gasteiger partial charge in [-0.1, -0.05) is 0 Å². The van der Waals surface area contributed by atoms with Crippen molar-refractivity contribution in [3.8, 4) is 0 Å². The molecule has 3 atom stereocenters. The predicted octanol–water partition coefficient (Wildman–Crippen LogP) is 2.59. The van der Waals surface area contributed by atoms with Crippen molar-refractivity contribution in [2.75, 3.05) is 31.5 Å². The SMILES string of the molecule is CCN1CC(C(=O)N2CCC([C@@H]3C[C@H](C(F)(F)F)n4nc(C)cc4N3)CC2)CC1=O. The summed E-state index contributed by atoms with van der Waals surface area (Å²) in [6.45, 7) is 5.70. The van der Waals surface area contributed by atoms with Gasteiger partial charge < -0.3 is 15.1 Å². The van der Waals surface area contributed by atoms with Gasteiger partial charge in [0.2, 0.25) is 11.8 Å². The molecule has 0 radical (unpaired) electrons. The zero-order chi connectivity index (χ0) is 21.6. The number of likely N-dealkylation sites (tertiary alicyclic amines) is 2. The van der Waals surface area contributed by atoms with Gasteiger partial charge in [-0.3, -0.25) is 9.59 Å². The number of carbonyl (C=O) groups excluding carboxylic acids is 2. The van der Waals surface area contributed by atoms with Gasteiger partial charge in [-0.2, -0.15) is 18.3 Å². The average Bonchev–Trinajstić information content (AvgIpc) is 3.27. The minimum absolute atomic E-state index is 0.00350. The number of alkyl halides is 3. The van der Waals surface area contributed by atoms with Crippen LogP contribution in [-0.4, -0.2) is 69.8 Å². The molecular formula is C20H28F3N5O2. The summed E-state index contributed by atoms with van der Waals surface area (Å²) in [4.78, 5) is 28.2. The largest absolute Gasteiger partial charge is 0.410 e. The van der Waals surface area contributed by atoms with E-state index < -0.39 is 12.2 Å². The lowest BCUT2D eigenvalue weighted by Crippen LogP contribution is -2.48. The third kappa shape index (κ3) is 3.88. The van der Waals surface area contributed by atoms with Gasteiger partial charge in [-0.25, -0.2) is 4.68 Å². The van der Waals surface area contributed by atoms with E-state index in [1.54, 1.807) is 22.8 Å². The number of hydrogen-bond donors (Lipinski definition) is 1. The molecule has 2 amide bonds. The first-order chi connectivity index (χ1) is 14.2. The molecule has 7 nitrogen and oxygen atoms in total. The zero-order valence-corrected chi connectivity index (χ0v) is 17.3. The van der Waals surface area contributed by atoms with Crippen LogP contribution in [0.1, 0.15) is 44.3 Å². The lowest BCUT2D eigenvalue weighted by atomic mass is 9.84. The minimum atomic E-state index is -4.36. The number of nitrogens with one attached hydrogen (secondary N) is 1. The summed E-state index contributed by atoms with van der Waals surface area (Å²) < 4.78 is 41.9. The van der Waals surface area contributed by atoms with Gasteiger partial charge in [-0.05, 0) is 39.0 Å². The highest BCUT2D eigenvalue weighted by atomic mass is 19.4. The Morgan fingerprint density at radius 3 is 2.60 bits per heavy atom. The number of amides is 2. The normalized spacial score (nSPS) is 27.9. The summed E-state index contributed by atoms with van der Waals surface area (Å²) in [5.41, 5.74) is 0.556. The first-order valence-electron chi connectivity index (χ1n) is 10.6. The Hall–Kier alpha value is -2.26. The quantitative estimate of drug-likeness (QED) is 0.805.